The van der Waals surface area contributed by atoms with E-state index in [2.05, 4.69) is 52.4 Å². The monoisotopic (exact) mass is 456 g/mol. The Labute approximate surface area is 201 Å². The number of nitrogens with one attached hydrogen (secondary N) is 1. The van der Waals surface area contributed by atoms with E-state index in [-0.39, 0.29) is 5.91 Å². The van der Waals surface area contributed by atoms with Crippen molar-refractivity contribution >= 4 is 17.1 Å². The Morgan fingerprint density at radius 1 is 1.00 bits per heavy atom. The summed E-state index contributed by atoms with van der Waals surface area (Å²) in [4.78, 5) is 11.7. The summed E-state index contributed by atoms with van der Waals surface area (Å²) in [7, 11) is 1.89. The third kappa shape index (κ3) is 3.40. The molecule has 168 valence electrons. The van der Waals surface area contributed by atoms with Crippen LogP contribution in [0.2, 0.25) is 0 Å². The molecule has 1 N–H and O–H groups in total. The van der Waals surface area contributed by atoms with Gasteiger partial charge in [0.1, 0.15) is 6.07 Å². The van der Waals surface area contributed by atoms with E-state index in [0.717, 1.165) is 45.4 Å². The molecule has 7 nitrogen and oxygen atoms in total. The highest BCUT2D eigenvalue weighted by molar-refractivity contribution is 5.99. The highest BCUT2D eigenvalue weighted by Gasteiger charge is 2.21. The smallest absolute Gasteiger partial charge is 0.247 e. The van der Waals surface area contributed by atoms with E-state index in [0.29, 0.717) is 5.56 Å². The summed E-state index contributed by atoms with van der Waals surface area (Å²) in [6.45, 7) is 3.51. The van der Waals surface area contributed by atoms with Crippen LogP contribution < -0.4 is 5.32 Å². The van der Waals surface area contributed by atoms with Crippen molar-refractivity contribution in [2.75, 3.05) is 5.32 Å². The van der Waals surface area contributed by atoms with Crippen LogP contribution >= 0.6 is 0 Å². The molecule has 0 atom stereocenters. The first-order valence-corrected chi connectivity index (χ1v) is 11.1. The number of rotatable bonds is 4. The zero-order valence-electron chi connectivity index (χ0n) is 19.0. The van der Waals surface area contributed by atoms with Gasteiger partial charge in [-0.25, -0.2) is 4.52 Å². The quantitative estimate of drug-likeness (QED) is 0.380. The predicted molar refractivity (Wildman–Crippen MR) is 135 cm³/mol. The van der Waals surface area contributed by atoms with E-state index >= 15 is 0 Å². The van der Waals surface area contributed by atoms with Gasteiger partial charge >= 0.3 is 0 Å². The summed E-state index contributed by atoms with van der Waals surface area (Å²) >= 11 is 0. The summed E-state index contributed by atoms with van der Waals surface area (Å²) in [5, 5.41) is 21.3. The lowest BCUT2D eigenvalue weighted by Gasteiger charge is -2.10. The van der Waals surface area contributed by atoms with Gasteiger partial charge < -0.3 is 5.32 Å². The van der Waals surface area contributed by atoms with Crippen LogP contribution in [0.3, 0.4) is 0 Å². The van der Waals surface area contributed by atoms with Crippen LogP contribution in [0.5, 0.6) is 0 Å². The number of aromatic nitrogens is 4. The van der Waals surface area contributed by atoms with Crippen LogP contribution in [-0.4, -0.2) is 25.3 Å². The van der Waals surface area contributed by atoms with E-state index in [9.17, 15) is 10.1 Å². The molecule has 1 amide bonds. The SMILES string of the molecule is C=CC(=O)Nc1ccc2c(c1)Cc1cc(-c3cc(-c4cnn(C)c4)cn4ncc(C#N)c34)ccc1-2. The summed E-state index contributed by atoms with van der Waals surface area (Å²) in [6, 6.07) is 16.8. The molecule has 7 heteroatoms. The number of carbonyl (C=O) groups excluding carboxylic acids is 1. The zero-order chi connectivity index (χ0) is 24.1. The molecule has 0 saturated heterocycles. The molecule has 0 bridgehead atoms. The molecular weight excluding hydrogens is 436 g/mol. The lowest BCUT2D eigenvalue weighted by molar-refractivity contribution is -0.111. The van der Waals surface area contributed by atoms with E-state index in [1.165, 1.54) is 22.8 Å². The van der Waals surface area contributed by atoms with Crippen molar-refractivity contribution in [1.82, 2.24) is 19.4 Å². The minimum absolute atomic E-state index is 0.227. The first-order valence-electron chi connectivity index (χ1n) is 11.1. The van der Waals surface area contributed by atoms with Crippen LogP contribution in [0.1, 0.15) is 16.7 Å². The Kier molecular flexibility index (Phi) is 4.61. The van der Waals surface area contributed by atoms with E-state index in [1.807, 2.05) is 43.8 Å². The van der Waals surface area contributed by atoms with Gasteiger partial charge in [0.2, 0.25) is 5.91 Å². The Balaban J connectivity index is 1.46. The molecule has 1 aliphatic carbocycles. The van der Waals surface area contributed by atoms with Crippen molar-refractivity contribution in [3.63, 3.8) is 0 Å². The van der Waals surface area contributed by atoms with Crippen LogP contribution in [0.4, 0.5) is 5.69 Å². The van der Waals surface area contributed by atoms with Crippen molar-refractivity contribution < 1.29 is 4.79 Å². The van der Waals surface area contributed by atoms with Gasteiger partial charge in [-0.2, -0.15) is 15.5 Å². The minimum atomic E-state index is -0.227. The Bertz CT molecular complexity index is 1720. The largest absolute Gasteiger partial charge is 0.323 e. The molecule has 3 heterocycles. The molecule has 0 unspecified atom stereocenters. The number of amides is 1. The number of nitrogens with zero attached hydrogens (tertiary/aromatic N) is 5. The van der Waals surface area contributed by atoms with Gasteiger partial charge in [-0.1, -0.05) is 30.8 Å². The van der Waals surface area contributed by atoms with E-state index < -0.39 is 0 Å². The average Bonchev–Trinajstić information content (AvgIpc) is 3.58. The number of anilines is 1. The number of aryl methyl sites for hydroxylation is 1. The van der Waals surface area contributed by atoms with Crippen LogP contribution in [0, 0.1) is 11.3 Å². The Morgan fingerprint density at radius 3 is 2.54 bits per heavy atom. The molecular formula is C28H20N6O. The number of pyridine rings is 1. The second-order valence-corrected chi connectivity index (χ2v) is 8.62. The number of carbonyl (C=O) groups is 1. The molecule has 2 aromatic carbocycles. The van der Waals surface area contributed by atoms with Gasteiger partial charge in [0.15, 0.2) is 0 Å². The predicted octanol–water partition coefficient (Wildman–Crippen LogP) is 4.97. The Morgan fingerprint density at radius 2 is 1.80 bits per heavy atom. The van der Waals surface area contributed by atoms with E-state index in [4.69, 9.17) is 0 Å². The number of fused-ring (bicyclic) bond motifs is 4. The highest BCUT2D eigenvalue weighted by Crippen LogP contribution is 2.41. The molecule has 0 spiro atoms. The lowest BCUT2D eigenvalue weighted by atomic mass is 9.96. The molecule has 5 aromatic rings. The molecule has 1 aliphatic rings. The first kappa shape index (κ1) is 20.6. The molecule has 0 radical (unpaired) electrons. The van der Waals surface area contributed by atoms with Crippen LogP contribution in [-0.2, 0) is 18.3 Å². The summed E-state index contributed by atoms with van der Waals surface area (Å²) in [5.41, 5.74) is 10.7. The molecule has 0 fully saturated rings. The standard InChI is InChI=1S/C28H20N6O/c1-3-27(35)32-23-5-7-25-19(10-23)9-18-8-17(4-6-24(18)25)26-11-20(22-14-30-33(2)15-22)16-34-28(26)21(12-29)13-31-34/h3-8,10-11,13-16H,1,9H2,2H3,(H,32,35). The zero-order valence-corrected chi connectivity index (χ0v) is 19.0. The molecule has 6 rings (SSSR count). The molecule has 3 aromatic heterocycles. The fraction of sp³-hybridized carbons (Fsp3) is 0.0714. The maximum Gasteiger partial charge on any atom is 0.247 e. The molecule has 35 heavy (non-hydrogen) atoms. The van der Waals surface area contributed by atoms with Crippen LogP contribution in [0.15, 0.2) is 79.9 Å². The number of hydrogen-bond acceptors (Lipinski definition) is 4. The number of nitriles is 1. The van der Waals surface area contributed by atoms with Crippen LogP contribution in [0.25, 0.3) is 38.9 Å². The average molecular weight is 457 g/mol. The normalized spacial score (nSPS) is 11.7. The van der Waals surface area contributed by atoms with Gasteiger partial charge in [0, 0.05) is 41.8 Å². The third-order valence-electron chi connectivity index (χ3n) is 6.42. The third-order valence-corrected chi connectivity index (χ3v) is 6.42. The summed E-state index contributed by atoms with van der Waals surface area (Å²) < 4.78 is 3.54. The van der Waals surface area contributed by atoms with Crippen molar-refractivity contribution in [3.8, 4) is 39.4 Å². The first-order chi connectivity index (χ1) is 17.0. The number of hydrogen-bond donors (Lipinski definition) is 1. The van der Waals surface area contributed by atoms with Crippen molar-refractivity contribution in [1.29, 1.82) is 5.26 Å². The Hall–Kier alpha value is -4.96. The summed E-state index contributed by atoms with van der Waals surface area (Å²) in [5.74, 6) is -0.227. The van der Waals surface area contributed by atoms with Crippen molar-refractivity contribution in [3.05, 3.63) is 96.6 Å². The maximum absolute atomic E-state index is 11.7. The maximum atomic E-state index is 11.7. The van der Waals surface area contributed by atoms with E-state index in [1.54, 1.807) is 15.4 Å². The van der Waals surface area contributed by atoms with Gasteiger partial charge in [-0.15, -0.1) is 0 Å². The van der Waals surface area contributed by atoms with Gasteiger partial charge in [0.05, 0.1) is 23.5 Å². The van der Waals surface area contributed by atoms with Crippen molar-refractivity contribution in [2.45, 2.75) is 6.42 Å². The van der Waals surface area contributed by atoms with Gasteiger partial charge in [0.25, 0.3) is 0 Å². The second-order valence-electron chi connectivity index (χ2n) is 8.62. The fourth-order valence-corrected chi connectivity index (χ4v) is 4.80. The topological polar surface area (TPSA) is 88.0 Å². The highest BCUT2D eigenvalue weighted by atomic mass is 16.1. The molecule has 0 saturated carbocycles. The number of benzene rings is 2. The lowest BCUT2D eigenvalue weighted by Crippen LogP contribution is -2.07. The van der Waals surface area contributed by atoms with Gasteiger partial charge in [-0.05, 0) is 58.5 Å². The fourth-order valence-electron chi connectivity index (χ4n) is 4.80. The van der Waals surface area contributed by atoms with Crippen molar-refractivity contribution in [2.24, 2.45) is 7.05 Å². The summed E-state index contributed by atoms with van der Waals surface area (Å²) in [6.07, 6.45) is 9.34. The second kappa shape index (κ2) is 7.82. The minimum Gasteiger partial charge on any atom is -0.323 e. The molecule has 0 aliphatic heterocycles. The van der Waals surface area contributed by atoms with Gasteiger partial charge in [-0.3, -0.25) is 9.48 Å².